The van der Waals surface area contributed by atoms with Crippen LogP contribution in [-0.2, 0) is 6.42 Å². The van der Waals surface area contributed by atoms with Crippen molar-refractivity contribution < 1.29 is 4.39 Å². The molecule has 1 aromatic rings. The number of nitrogens with one attached hydrogen (secondary N) is 2. The van der Waals surface area contributed by atoms with E-state index in [9.17, 15) is 4.39 Å². The van der Waals surface area contributed by atoms with Gasteiger partial charge in [0.15, 0.2) is 5.96 Å². The van der Waals surface area contributed by atoms with Crippen LogP contribution in [0.15, 0.2) is 29.3 Å². The van der Waals surface area contributed by atoms with Crippen LogP contribution in [0.4, 0.5) is 4.39 Å². The minimum Gasteiger partial charge on any atom is -0.356 e. The minimum absolute atomic E-state index is 0. The molecule has 0 spiro atoms. The molecule has 1 aliphatic rings. The van der Waals surface area contributed by atoms with Crippen LogP contribution in [0.2, 0.25) is 0 Å². The third-order valence-electron chi connectivity index (χ3n) is 3.89. The molecule has 1 saturated heterocycles. The van der Waals surface area contributed by atoms with E-state index in [1.54, 1.807) is 7.05 Å². The zero-order valence-corrected chi connectivity index (χ0v) is 15.6. The van der Waals surface area contributed by atoms with Gasteiger partial charge in [-0.25, -0.2) is 4.39 Å². The van der Waals surface area contributed by atoms with Gasteiger partial charge in [-0.2, -0.15) is 0 Å². The molecule has 1 atom stereocenters. The normalized spacial score (nSPS) is 18.9. The van der Waals surface area contributed by atoms with Gasteiger partial charge in [0.25, 0.3) is 0 Å². The molecule has 1 aromatic carbocycles. The summed E-state index contributed by atoms with van der Waals surface area (Å²) in [6, 6.07) is 6.64. The molecule has 0 aromatic heterocycles. The molecule has 124 valence electrons. The Morgan fingerprint density at radius 3 is 2.64 bits per heavy atom. The first-order valence-corrected chi connectivity index (χ1v) is 7.55. The van der Waals surface area contributed by atoms with E-state index in [1.165, 1.54) is 25.1 Å². The summed E-state index contributed by atoms with van der Waals surface area (Å²) < 4.78 is 12.8. The molecular weight excluding hydrogens is 394 g/mol. The fraction of sp³-hybridized carbons (Fsp3) is 0.562. The Labute approximate surface area is 149 Å². The highest BCUT2D eigenvalue weighted by atomic mass is 127. The van der Waals surface area contributed by atoms with E-state index < -0.39 is 0 Å². The van der Waals surface area contributed by atoms with Gasteiger partial charge in [0.1, 0.15) is 5.82 Å². The van der Waals surface area contributed by atoms with Crippen LogP contribution in [0, 0.1) is 11.7 Å². The summed E-state index contributed by atoms with van der Waals surface area (Å²) >= 11 is 0. The van der Waals surface area contributed by atoms with Crippen molar-refractivity contribution >= 4 is 29.9 Å². The van der Waals surface area contributed by atoms with Gasteiger partial charge in [0.05, 0.1) is 0 Å². The summed E-state index contributed by atoms with van der Waals surface area (Å²) in [5.74, 6) is 1.35. The van der Waals surface area contributed by atoms with Gasteiger partial charge in [0.2, 0.25) is 0 Å². The number of nitrogens with zero attached hydrogens (tertiary/aromatic N) is 2. The number of hydrogen-bond acceptors (Lipinski definition) is 2. The number of aliphatic imine (C=N–C) groups is 1. The molecule has 2 rings (SSSR count). The third-order valence-corrected chi connectivity index (χ3v) is 3.89. The van der Waals surface area contributed by atoms with E-state index in [0.717, 1.165) is 37.6 Å². The van der Waals surface area contributed by atoms with Crippen molar-refractivity contribution in [3.05, 3.63) is 35.6 Å². The summed E-state index contributed by atoms with van der Waals surface area (Å²) in [7, 11) is 3.95. The molecule has 1 heterocycles. The Morgan fingerprint density at radius 2 is 2.05 bits per heavy atom. The molecule has 2 N–H and O–H groups in total. The molecule has 1 aliphatic heterocycles. The molecule has 0 saturated carbocycles. The highest BCUT2D eigenvalue weighted by Crippen LogP contribution is 2.12. The topological polar surface area (TPSA) is 39.7 Å². The lowest BCUT2D eigenvalue weighted by Crippen LogP contribution is -2.41. The summed E-state index contributed by atoms with van der Waals surface area (Å²) in [5.41, 5.74) is 1.12. The predicted octanol–water partition coefficient (Wildman–Crippen LogP) is 2.10. The fourth-order valence-corrected chi connectivity index (χ4v) is 2.63. The van der Waals surface area contributed by atoms with Crippen molar-refractivity contribution in [2.45, 2.75) is 12.8 Å². The first-order chi connectivity index (χ1) is 10.2. The Bertz CT molecular complexity index is 464. The van der Waals surface area contributed by atoms with Crippen molar-refractivity contribution in [2.24, 2.45) is 10.9 Å². The Morgan fingerprint density at radius 1 is 1.32 bits per heavy atom. The second-order valence-electron chi connectivity index (χ2n) is 5.67. The number of halogens is 2. The molecule has 0 aliphatic carbocycles. The molecule has 22 heavy (non-hydrogen) atoms. The van der Waals surface area contributed by atoms with Gasteiger partial charge in [-0.05, 0) is 50.0 Å². The first kappa shape index (κ1) is 19.2. The van der Waals surface area contributed by atoms with E-state index in [2.05, 4.69) is 27.6 Å². The van der Waals surface area contributed by atoms with Crippen LogP contribution in [0.5, 0.6) is 0 Å². The van der Waals surface area contributed by atoms with Gasteiger partial charge in [-0.1, -0.05) is 12.1 Å². The zero-order valence-electron chi connectivity index (χ0n) is 13.3. The van der Waals surface area contributed by atoms with Crippen LogP contribution in [0.1, 0.15) is 12.0 Å². The van der Waals surface area contributed by atoms with Gasteiger partial charge in [-0.15, -0.1) is 24.0 Å². The Kier molecular flexibility index (Phi) is 8.70. The number of benzene rings is 1. The SMILES string of the molecule is CN=C(NCCc1ccc(F)cc1)NCC1CCN(C)C1.I. The maximum atomic E-state index is 12.8. The number of likely N-dealkylation sites (tertiary alicyclic amines) is 1. The Balaban J connectivity index is 0.00000242. The second-order valence-corrected chi connectivity index (χ2v) is 5.67. The molecular formula is C16H26FIN4. The first-order valence-electron chi connectivity index (χ1n) is 7.55. The molecule has 1 unspecified atom stereocenters. The summed E-state index contributed by atoms with van der Waals surface area (Å²) in [5, 5.41) is 6.68. The largest absolute Gasteiger partial charge is 0.356 e. The molecule has 0 amide bonds. The molecule has 4 nitrogen and oxygen atoms in total. The number of guanidine groups is 1. The average Bonchev–Trinajstić information content (AvgIpc) is 2.90. The van der Waals surface area contributed by atoms with Crippen molar-refractivity contribution in [3.63, 3.8) is 0 Å². The highest BCUT2D eigenvalue weighted by molar-refractivity contribution is 14.0. The van der Waals surface area contributed by atoms with Gasteiger partial charge in [0, 0.05) is 26.7 Å². The summed E-state index contributed by atoms with van der Waals surface area (Å²) in [6.45, 7) is 4.08. The lowest BCUT2D eigenvalue weighted by Gasteiger charge is -2.15. The van der Waals surface area contributed by atoms with Gasteiger partial charge < -0.3 is 15.5 Å². The molecule has 1 fully saturated rings. The van der Waals surface area contributed by atoms with Crippen LogP contribution >= 0.6 is 24.0 Å². The Hall–Kier alpha value is -0.890. The van der Waals surface area contributed by atoms with E-state index in [4.69, 9.17) is 0 Å². The second kappa shape index (κ2) is 9.99. The lowest BCUT2D eigenvalue weighted by molar-refractivity contribution is 0.394. The quantitative estimate of drug-likeness (QED) is 0.436. The van der Waals surface area contributed by atoms with Gasteiger partial charge >= 0.3 is 0 Å². The van der Waals surface area contributed by atoms with E-state index in [0.29, 0.717) is 5.92 Å². The molecule has 6 heteroatoms. The number of rotatable bonds is 5. The highest BCUT2D eigenvalue weighted by Gasteiger charge is 2.19. The lowest BCUT2D eigenvalue weighted by atomic mass is 10.1. The third kappa shape index (κ3) is 6.48. The minimum atomic E-state index is -0.189. The summed E-state index contributed by atoms with van der Waals surface area (Å²) in [6.07, 6.45) is 2.10. The van der Waals surface area contributed by atoms with E-state index in [1.807, 2.05) is 12.1 Å². The monoisotopic (exact) mass is 420 g/mol. The maximum Gasteiger partial charge on any atom is 0.190 e. The standard InChI is InChI=1S/C16H25FN4.HI/c1-18-16(20-11-14-8-10-21(2)12-14)19-9-7-13-3-5-15(17)6-4-13;/h3-6,14H,7-12H2,1-2H3,(H2,18,19,20);1H. The zero-order chi connectivity index (χ0) is 15.1. The predicted molar refractivity (Wildman–Crippen MR) is 100 cm³/mol. The molecule has 0 bridgehead atoms. The van der Waals surface area contributed by atoms with E-state index in [-0.39, 0.29) is 29.8 Å². The van der Waals surface area contributed by atoms with Crippen molar-refractivity contribution in [1.29, 1.82) is 0 Å². The van der Waals surface area contributed by atoms with Crippen molar-refractivity contribution in [1.82, 2.24) is 15.5 Å². The van der Waals surface area contributed by atoms with Gasteiger partial charge in [-0.3, -0.25) is 4.99 Å². The van der Waals surface area contributed by atoms with Crippen molar-refractivity contribution in [3.8, 4) is 0 Å². The van der Waals surface area contributed by atoms with E-state index >= 15 is 0 Å². The van der Waals surface area contributed by atoms with Crippen LogP contribution < -0.4 is 10.6 Å². The van der Waals surface area contributed by atoms with Crippen LogP contribution in [-0.4, -0.2) is 51.1 Å². The molecule has 0 radical (unpaired) electrons. The maximum absolute atomic E-state index is 12.8. The fourth-order valence-electron chi connectivity index (χ4n) is 2.63. The van der Waals surface area contributed by atoms with Crippen LogP contribution in [0.3, 0.4) is 0 Å². The number of hydrogen-bond donors (Lipinski definition) is 2. The van der Waals surface area contributed by atoms with Crippen LogP contribution in [0.25, 0.3) is 0 Å². The smallest absolute Gasteiger partial charge is 0.190 e. The summed E-state index contributed by atoms with van der Waals surface area (Å²) in [4.78, 5) is 6.59. The van der Waals surface area contributed by atoms with Crippen molar-refractivity contribution in [2.75, 3.05) is 40.3 Å². The average molecular weight is 420 g/mol.